The highest BCUT2D eigenvalue weighted by Crippen LogP contribution is 2.33. The fourth-order valence-corrected chi connectivity index (χ4v) is 2.39. The molecule has 2 rings (SSSR count). The zero-order chi connectivity index (χ0) is 15.5. The average molecular weight is 368 g/mol. The number of carbonyl (C=O) groups is 1. The van der Waals surface area contributed by atoms with E-state index < -0.39 is 12.5 Å². The molecular weight excluding hydrogens is 355 g/mol. The Balaban J connectivity index is 2.07. The van der Waals surface area contributed by atoms with Crippen LogP contribution in [0.3, 0.4) is 0 Å². The monoisotopic (exact) mass is 367 g/mol. The lowest BCUT2D eigenvalue weighted by Gasteiger charge is -2.17. The second kappa shape index (κ2) is 6.55. The molecular formula is C13H13BrF3NO3. The fraction of sp³-hybridized carbons (Fsp3) is 0.462. The number of halogens is 4. The highest BCUT2D eigenvalue weighted by Gasteiger charge is 2.32. The second-order valence-electron chi connectivity index (χ2n) is 4.53. The van der Waals surface area contributed by atoms with Crippen LogP contribution in [0, 0.1) is 0 Å². The van der Waals surface area contributed by atoms with Crippen molar-refractivity contribution in [2.24, 2.45) is 0 Å². The first-order chi connectivity index (χ1) is 9.85. The van der Waals surface area contributed by atoms with Gasteiger partial charge in [-0.15, -0.1) is 13.2 Å². The van der Waals surface area contributed by atoms with Gasteiger partial charge in [0.05, 0.1) is 4.47 Å². The molecule has 0 aromatic heterocycles. The van der Waals surface area contributed by atoms with E-state index in [2.05, 4.69) is 26.0 Å². The van der Waals surface area contributed by atoms with Crippen LogP contribution in [-0.4, -0.2) is 24.9 Å². The highest BCUT2D eigenvalue weighted by molar-refractivity contribution is 9.10. The van der Waals surface area contributed by atoms with Gasteiger partial charge in [-0.2, -0.15) is 0 Å². The van der Waals surface area contributed by atoms with Gasteiger partial charge in [0.1, 0.15) is 11.5 Å². The van der Waals surface area contributed by atoms with Crippen LogP contribution in [0.4, 0.5) is 13.2 Å². The smallest absolute Gasteiger partial charge is 0.481 e. The van der Waals surface area contributed by atoms with Crippen LogP contribution in [0.2, 0.25) is 0 Å². The summed E-state index contributed by atoms with van der Waals surface area (Å²) in [6.45, 7) is 0.612. The number of hydrogen-bond donors (Lipinski definition) is 1. The molecule has 116 valence electrons. The van der Waals surface area contributed by atoms with E-state index in [1.165, 1.54) is 12.1 Å². The Hall–Kier alpha value is -1.44. The predicted molar refractivity (Wildman–Crippen MR) is 72.1 cm³/mol. The second-order valence-corrected chi connectivity index (χ2v) is 5.39. The largest absolute Gasteiger partial charge is 0.573 e. The summed E-state index contributed by atoms with van der Waals surface area (Å²) in [5, 5.41) is 2.72. The normalized spacial score (nSPS) is 19.6. The number of hydrogen-bond acceptors (Lipinski definition) is 3. The lowest BCUT2D eigenvalue weighted by molar-refractivity contribution is -0.274. The summed E-state index contributed by atoms with van der Waals surface area (Å²) in [6, 6.07) is 3.82. The van der Waals surface area contributed by atoms with Crippen molar-refractivity contribution in [3.8, 4) is 11.5 Å². The van der Waals surface area contributed by atoms with Crippen molar-refractivity contribution in [2.75, 3.05) is 6.54 Å². The maximum atomic E-state index is 12.2. The first-order valence-corrected chi connectivity index (χ1v) is 7.14. The van der Waals surface area contributed by atoms with Gasteiger partial charge in [0.2, 0.25) is 0 Å². The summed E-state index contributed by atoms with van der Waals surface area (Å²) in [5.74, 6) is -0.266. The van der Waals surface area contributed by atoms with E-state index in [4.69, 9.17) is 4.74 Å². The summed E-state index contributed by atoms with van der Waals surface area (Å²) in [5.41, 5.74) is 0. The third-order valence-corrected chi connectivity index (χ3v) is 3.51. The van der Waals surface area contributed by atoms with Gasteiger partial charge < -0.3 is 14.8 Å². The molecule has 8 heteroatoms. The van der Waals surface area contributed by atoms with E-state index in [9.17, 15) is 18.0 Å². The Morgan fingerprint density at radius 3 is 2.71 bits per heavy atom. The lowest BCUT2D eigenvalue weighted by atomic mass is 10.2. The summed E-state index contributed by atoms with van der Waals surface area (Å²) in [4.78, 5) is 11.7. The number of amides is 1. The summed E-state index contributed by atoms with van der Waals surface area (Å²) in [6.07, 6.45) is -3.09. The molecule has 0 radical (unpaired) electrons. The van der Waals surface area contributed by atoms with Gasteiger partial charge in [0, 0.05) is 6.54 Å². The van der Waals surface area contributed by atoms with Gasteiger partial charge in [-0.3, -0.25) is 4.79 Å². The van der Waals surface area contributed by atoms with Crippen LogP contribution in [-0.2, 0) is 4.79 Å². The van der Waals surface area contributed by atoms with Gasteiger partial charge in [-0.05, 0) is 53.4 Å². The molecule has 0 aliphatic carbocycles. The predicted octanol–water partition coefficient (Wildman–Crippen LogP) is 3.40. The van der Waals surface area contributed by atoms with Crippen molar-refractivity contribution in [3.05, 3.63) is 22.7 Å². The maximum Gasteiger partial charge on any atom is 0.573 e. The van der Waals surface area contributed by atoms with E-state index in [-0.39, 0.29) is 16.1 Å². The third-order valence-electron chi connectivity index (χ3n) is 2.89. The molecule has 1 saturated heterocycles. The number of rotatable bonds is 3. The molecule has 1 N–H and O–H groups in total. The lowest BCUT2D eigenvalue weighted by Crippen LogP contribution is -2.36. The van der Waals surface area contributed by atoms with Crippen LogP contribution in [0.25, 0.3) is 0 Å². The highest BCUT2D eigenvalue weighted by atomic mass is 79.9. The molecule has 1 aliphatic heterocycles. The van der Waals surface area contributed by atoms with E-state index in [1.807, 2.05) is 0 Å². The molecule has 21 heavy (non-hydrogen) atoms. The van der Waals surface area contributed by atoms with Gasteiger partial charge in [-0.1, -0.05) is 0 Å². The molecule has 1 heterocycles. The Bertz CT molecular complexity index is 522. The van der Waals surface area contributed by atoms with Crippen LogP contribution in [0.1, 0.15) is 19.3 Å². The number of carbonyl (C=O) groups excluding carboxylic acids is 1. The first-order valence-electron chi connectivity index (χ1n) is 6.35. The van der Waals surface area contributed by atoms with Crippen molar-refractivity contribution in [1.82, 2.24) is 5.32 Å². The maximum absolute atomic E-state index is 12.2. The van der Waals surface area contributed by atoms with Gasteiger partial charge in [-0.25, -0.2) is 0 Å². The van der Waals surface area contributed by atoms with Crippen molar-refractivity contribution in [3.63, 3.8) is 0 Å². The average Bonchev–Trinajstić information content (AvgIpc) is 2.57. The number of alkyl halides is 3. The van der Waals surface area contributed by atoms with Crippen LogP contribution >= 0.6 is 15.9 Å². The van der Waals surface area contributed by atoms with Crippen molar-refractivity contribution in [1.29, 1.82) is 0 Å². The van der Waals surface area contributed by atoms with Crippen molar-refractivity contribution < 1.29 is 27.4 Å². The Labute approximate surface area is 127 Å². The zero-order valence-electron chi connectivity index (χ0n) is 10.9. The molecule has 0 saturated carbocycles. The first kappa shape index (κ1) is 15.9. The third kappa shape index (κ3) is 4.80. The molecule has 1 fully saturated rings. The molecule has 0 spiro atoms. The fourth-order valence-electron chi connectivity index (χ4n) is 1.95. The molecule has 1 aliphatic rings. The number of benzene rings is 1. The number of nitrogens with one attached hydrogen (secondary N) is 1. The van der Waals surface area contributed by atoms with E-state index >= 15 is 0 Å². The summed E-state index contributed by atoms with van der Waals surface area (Å²) >= 11 is 2.99. The SMILES string of the molecule is O=C1NCCCCC1Oc1ccc(OC(F)(F)F)c(Br)c1. The van der Waals surface area contributed by atoms with Crippen molar-refractivity contribution in [2.45, 2.75) is 31.7 Å². The Morgan fingerprint density at radius 2 is 2.05 bits per heavy atom. The zero-order valence-corrected chi connectivity index (χ0v) is 12.5. The summed E-state index contributed by atoms with van der Waals surface area (Å²) < 4.78 is 46.0. The minimum absolute atomic E-state index is 0.103. The molecule has 0 bridgehead atoms. The summed E-state index contributed by atoms with van der Waals surface area (Å²) in [7, 11) is 0. The molecule has 1 aromatic rings. The molecule has 1 aromatic carbocycles. The van der Waals surface area contributed by atoms with Gasteiger partial charge in [0.25, 0.3) is 5.91 Å². The van der Waals surface area contributed by atoms with Crippen LogP contribution < -0.4 is 14.8 Å². The molecule has 1 amide bonds. The minimum Gasteiger partial charge on any atom is -0.481 e. The van der Waals surface area contributed by atoms with Gasteiger partial charge in [0.15, 0.2) is 6.10 Å². The molecule has 1 atom stereocenters. The Kier molecular flexibility index (Phi) is 4.97. The van der Waals surface area contributed by atoms with E-state index in [0.29, 0.717) is 18.7 Å². The van der Waals surface area contributed by atoms with E-state index in [1.54, 1.807) is 0 Å². The van der Waals surface area contributed by atoms with E-state index in [0.717, 1.165) is 18.9 Å². The van der Waals surface area contributed by atoms with Gasteiger partial charge >= 0.3 is 6.36 Å². The minimum atomic E-state index is -4.76. The quantitative estimate of drug-likeness (QED) is 0.890. The topological polar surface area (TPSA) is 47.6 Å². The Morgan fingerprint density at radius 1 is 1.29 bits per heavy atom. The molecule has 1 unspecified atom stereocenters. The van der Waals surface area contributed by atoms with Crippen LogP contribution in [0.5, 0.6) is 11.5 Å². The number of ether oxygens (including phenoxy) is 2. The molecule has 4 nitrogen and oxygen atoms in total. The van der Waals surface area contributed by atoms with Crippen LogP contribution in [0.15, 0.2) is 22.7 Å². The van der Waals surface area contributed by atoms with Crippen molar-refractivity contribution >= 4 is 21.8 Å². The standard InChI is InChI=1S/C13H13BrF3NO3/c14-9-7-8(4-5-10(9)21-13(15,16)17)20-11-3-1-2-6-18-12(11)19/h4-5,7,11H,1-3,6H2,(H,18,19).